The quantitative estimate of drug-likeness (QED) is 0.434. The molecule has 0 aliphatic carbocycles. The number of aliphatic carboxylic acids is 1. The van der Waals surface area contributed by atoms with E-state index < -0.39 is 11.8 Å². The van der Waals surface area contributed by atoms with Gasteiger partial charge in [0.25, 0.3) is 0 Å². The van der Waals surface area contributed by atoms with Crippen molar-refractivity contribution in [3.63, 3.8) is 0 Å². The van der Waals surface area contributed by atoms with Gasteiger partial charge in [-0.05, 0) is 61.2 Å². The Hall–Kier alpha value is -3.52. The van der Waals surface area contributed by atoms with Gasteiger partial charge < -0.3 is 20.1 Å². The molecule has 7 nitrogen and oxygen atoms in total. The van der Waals surface area contributed by atoms with Gasteiger partial charge in [-0.25, -0.2) is 14.4 Å². The molecule has 0 spiro atoms. The van der Waals surface area contributed by atoms with Crippen LogP contribution in [0.15, 0.2) is 71.0 Å². The number of likely N-dealkylation sites (tertiary alicyclic amines) is 1. The molecule has 3 rings (SSSR count). The SMILES string of the molecule is C=C/C(=C\C=C(/C)N1CCC(CC(=O)O)CC1)c1ccc(C2=N/C=N/C(OC)C/C=C/N2)c(F)c1.CC. The lowest BCUT2D eigenvalue weighted by Gasteiger charge is -2.33. The minimum Gasteiger partial charge on any atom is -0.481 e. The van der Waals surface area contributed by atoms with Gasteiger partial charge in [-0.1, -0.05) is 44.7 Å². The maximum Gasteiger partial charge on any atom is 0.303 e. The third kappa shape index (κ3) is 9.13. The molecule has 0 aromatic heterocycles. The van der Waals surface area contributed by atoms with Crippen molar-refractivity contribution in [2.45, 2.75) is 52.7 Å². The zero-order chi connectivity index (χ0) is 27.2. The molecule has 0 saturated carbocycles. The molecule has 0 bridgehead atoms. The van der Waals surface area contributed by atoms with Crippen LogP contribution in [0.1, 0.15) is 57.6 Å². The Morgan fingerprint density at radius 2 is 2.03 bits per heavy atom. The fourth-order valence-corrected chi connectivity index (χ4v) is 4.11. The summed E-state index contributed by atoms with van der Waals surface area (Å²) in [6.45, 7) is 11.6. The number of piperidine rings is 1. The fraction of sp³-hybridized carbons (Fsp3) is 0.414. The molecular weight excluding hydrogens is 471 g/mol. The van der Waals surface area contributed by atoms with Gasteiger partial charge >= 0.3 is 5.97 Å². The predicted octanol–water partition coefficient (Wildman–Crippen LogP) is 5.77. The van der Waals surface area contributed by atoms with Gasteiger partial charge in [0.1, 0.15) is 18.0 Å². The molecule has 1 atom stereocenters. The zero-order valence-corrected chi connectivity index (χ0v) is 22.3. The second-order valence-electron chi connectivity index (χ2n) is 8.57. The molecule has 1 fully saturated rings. The molecule has 0 radical (unpaired) electrons. The van der Waals surface area contributed by atoms with Gasteiger partial charge in [0.15, 0.2) is 6.23 Å². The van der Waals surface area contributed by atoms with Crippen molar-refractivity contribution in [2.24, 2.45) is 15.9 Å². The summed E-state index contributed by atoms with van der Waals surface area (Å²) in [4.78, 5) is 21.7. The van der Waals surface area contributed by atoms with Crippen molar-refractivity contribution in [1.29, 1.82) is 0 Å². The number of ether oxygens (including phenoxy) is 1. The first-order valence-electron chi connectivity index (χ1n) is 12.7. The van der Waals surface area contributed by atoms with Crippen molar-refractivity contribution in [3.8, 4) is 0 Å². The molecule has 0 amide bonds. The number of halogens is 1. The highest BCUT2D eigenvalue weighted by Gasteiger charge is 2.21. The lowest BCUT2D eigenvalue weighted by atomic mass is 9.93. The van der Waals surface area contributed by atoms with Crippen LogP contribution in [0.25, 0.3) is 5.57 Å². The second kappa shape index (κ2) is 15.6. The molecular formula is C29H39FN4O3. The van der Waals surface area contributed by atoms with Gasteiger partial charge in [-0.15, -0.1) is 0 Å². The number of carboxylic acid groups (broad SMARTS) is 1. The highest BCUT2D eigenvalue weighted by atomic mass is 19.1. The van der Waals surface area contributed by atoms with E-state index in [1.54, 1.807) is 25.5 Å². The predicted molar refractivity (Wildman–Crippen MR) is 149 cm³/mol. The van der Waals surface area contributed by atoms with Crippen LogP contribution in [0.4, 0.5) is 4.39 Å². The molecule has 1 unspecified atom stereocenters. The summed E-state index contributed by atoms with van der Waals surface area (Å²) in [5, 5.41) is 12.0. The highest BCUT2D eigenvalue weighted by Crippen LogP contribution is 2.24. The monoisotopic (exact) mass is 510 g/mol. The van der Waals surface area contributed by atoms with Crippen LogP contribution in [0.3, 0.4) is 0 Å². The minimum atomic E-state index is -0.732. The fourth-order valence-electron chi connectivity index (χ4n) is 4.11. The molecule has 2 N–H and O–H groups in total. The van der Waals surface area contributed by atoms with Crippen molar-refractivity contribution in [2.75, 3.05) is 20.2 Å². The lowest BCUT2D eigenvalue weighted by molar-refractivity contribution is -0.138. The summed E-state index contributed by atoms with van der Waals surface area (Å²) in [6, 6.07) is 4.99. The lowest BCUT2D eigenvalue weighted by Crippen LogP contribution is -2.33. The van der Waals surface area contributed by atoms with E-state index in [-0.39, 0.29) is 18.6 Å². The van der Waals surface area contributed by atoms with E-state index in [0.717, 1.165) is 37.2 Å². The van der Waals surface area contributed by atoms with Crippen LogP contribution in [0.2, 0.25) is 0 Å². The number of aliphatic imine (C=N–C) groups is 2. The van der Waals surface area contributed by atoms with Gasteiger partial charge in [0, 0.05) is 38.7 Å². The number of carbonyl (C=O) groups is 1. The Kier molecular flexibility index (Phi) is 12.5. The molecule has 2 aliphatic rings. The molecule has 37 heavy (non-hydrogen) atoms. The van der Waals surface area contributed by atoms with Crippen LogP contribution >= 0.6 is 0 Å². The molecule has 1 aromatic rings. The Labute approximate surface area is 219 Å². The van der Waals surface area contributed by atoms with Crippen molar-refractivity contribution >= 4 is 23.7 Å². The van der Waals surface area contributed by atoms with Gasteiger partial charge in [-0.2, -0.15) is 0 Å². The minimum absolute atomic E-state index is 0.234. The Morgan fingerprint density at radius 1 is 1.30 bits per heavy atom. The molecule has 2 heterocycles. The first kappa shape index (κ1) is 29.7. The Bertz CT molecular complexity index is 1070. The van der Waals surface area contributed by atoms with Crippen molar-refractivity contribution in [1.82, 2.24) is 10.2 Å². The maximum absolute atomic E-state index is 15.1. The summed E-state index contributed by atoms with van der Waals surface area (Å²) in [7, 11) is 1.58. The van der Waals surface area contributed by atoms with E-state index in [1.807, 2.05) is 45.1 Å². The molecule has 200 valence electrons. The van der Waals surface area contributed by atoms with Crippen LogP contribution < -0.4 is 5.32 Å². The molecule has 8 heteroatoms. The van der Waals surface area contributed by atoms with Gasteiger partial charge in [0.2, 0.25) is 0 Å². The summed E-state index contributed by atoms with van der Waals surface area (Å²) in [5.74, 6) is -0.546. The van der Waals surface area contributed by atoms with E-state index in [4.69, 9.17) is 9.84 Å². The Morgan fingerprint density at radius 3 is 2.65 bits per heavy atom. The summed E-state index contributed by atoms with van der Waals surface area (Å²) in [5.41, 5.74) is 2.92. The van der Waals surface area contributed by atoms with E-state index >= 15 is 4.39 Å². The van der Waals surface area contributed by atoms with Crippen molar-refractivity contribution in [3.05, 3.63) is 77.9 Å². The number of carboxylic acids is 1. The van der Waals surface area contributed by atoms with Crippen LogP contribution in [-0.4, -0.2) is 54.6 Å². The van der Waals surface area contributed by atoms with Crippen molar-refractivity contribution < 1.29 is 19.0 Å². The number of nitrogens with zero attached hydrogens (tertiary/aromatic N) is 3. The van der Waals surface area contributed by atoms with Gasteiger partial charge in [-0.3, -0.25) is 4.79 Å². The number of hydrogen-bond donors (Lipinski definition) is 2. The standard InChI is InChI=1S/C27H33FN4O3.C2H6/c1-4-21(8-7-19(2)32-14-11-20(12-15-32)16-26(33)34)22-9-10-23(24(28)17-22)27-29-13-5-6-25(35-3)30-18-31-27;1-2/h4-5,7-10,13,17-18,20,25H,1,6,11-12,14-16H2,2-3H3,(H,33,34)(H,29,30,31);1-2H3/b13-5+,19-7+,21-8+;. The van der Waals surface area contributed by atoms with E-state index in [0.29, 0.717) is 23.4 Å². The first-order valence-corrected chi connectivity index (χ1v) is 12.7. The summed E-state index contributed by atoms with van der Waals surface area (Å²) < 4.78 is 20.3. The molecule has 1 aromatic carbocycles. The topological polar surface area (TPSA) is 86.5 Å². The number of methoxy groups -OCH3 is 1. The average molecular weight is 511 g/mol. The summed E-state index contributed by atoms with van der Waals surface area (Å²) in [6.07, 6.45) is 12.8. The smallest absolute Gasteiger partial charge is 0.303 e. The third-order valence-electron chi connectivity index (χ3n) is 6.23. The number of nitrogens with one attached hydrogen (secondary N) is 1. The number of hydrogen-bond acceptors (Lipinski definition) is 6. The van der Waals surface area contributed by atoms with E-state index in [2.05, 4.69) is 26.8 Å². The average Bonchev–Trinajstić information content (AvgIpc) is 3.02. The largest absolute Gasteiger partial charge is 0.481 e. The first-order chi connectivity index (χ1) is 17.9. The third-order valence-corrected chi connectivity index (χ3v) is 6.23. The van der Waals surface area contributed by atoms with E-state index in [1.165, 1.54) is 12.4 Å². The van der Waals surface area contributed by atoms with E-state index in [9.17, 15) is 4.79 Å². The normalized spacial score (nSPS) is 20.7. The Balaban J connectivity index is 0.00000235. The number of allylic oxidation sites excluding steroid dienone is 5. The second-order valence-corrected chi connectivity index (χ2v) is 8.57. The van der Waals surface area contributed by atoms with Crippen LogP contribution in [0, 0.1) is 11.7 Å². The summed E-state index contributed by atoms with van der Waals surface area (Å²) >= 11 is 0. The maximum atomic E-state index is 15.1. The number of amidine groups is 1. The highest BCUT2D eigenvalue weighted by molar-refractivity contribution is 6.03. The van der Waals surface area contributed by atoms with Crippen LogP contribution in [0.5, 0.6) is 0 Å². The van der Waals surface area contributed by atoms with Crippen LogP contribution in [-0.2, 0) is 9.53 Å². The van der Waals surface area contributed by atoms with Gasteiger partial charge in [0.05, 0.1) is 5.56 Å². The molecule has 1 saturated heterocycles. The zero-order valence-electron chi connectivity index (χ0n) is 22.3. The number of benzene rings is 1. The number of rotatable bonds is 8. The molecule has 2 aliphatic heterocycles.